The number of Topliss-reactive ketones (excluding diaryl/α,β-unsaturated/α-hetero) is 1. The number of aryl methyl sites for hydroxylation is 1. The third-order valence-corrected chi connectivity index (χ3v) is 2.31. The molecule has 1 heterocycles. The SMILES string of the molecule is CC(N)C(=O)c1cc(C(C)(C)C)n(C)n1. The van der Waals surface area contributed by atoms with Crippen LogP contribution in [-0.2, 0) is 12.5 Å². The van der Waals surface area contributed by atoms with E-state index in [0.29, 0.717) is 5.69 Å². The molecule has 1 rings (SSSR count). The lowest BCUT2D eigenvalue weighted by Crippen LogP contribution is -2.27. The molecule has 0 saturated carbocycles. The van der Waals surface area contributed by atoms with Crippen molar-refractivity contribution in [3.63, 3.8) is 0 Å². The van der Waals surface area contributed by atoms with Crippen molar-refractivity contribution in [3.8, 4) is 0 Å². The van der Waals surface area contributed by atoms with Crippen LogP contribution in [0.1, 0.15) is 43.9 Å². The van der Waals surface area contributed by atoms with Gasteiger partial charge in [0.1, 0.15) is 5.69 Å². The highest BCUT2D eigenvalue weighted by atomic mass is 16.1. The van der Waals surface area contributed by atoms with Gasteiger partial charge in [0.05, 0.1) is 6.04 Å². The number of carbonyl (C=O) groups excluding carboxylic acids is 1. The zero-order chi connectivity index (χ0) is 11.8. The molecule has 15 heavy (non-hydrogen) atoms. The van der Waals surface area contributed by atoms with Crippen LogP contribution in [0.3, 0.4) is 0 Å². The molecule has 0 amide bonds. The third-order valence-electron chi connectivity index (χ3n) is 2.31. The van der Waals surface area contributed by atoms with Gasteiger partial charge in [-0.1, -0.05) is 20.8 Å². The fourth-order valence-corrected chi connectivity index (χ4v) is 1.52. The van der Waals surface area contributed by atoms with E-state index in [4.69, 9.17) is 5.73 Å². The largest absolute Gasteiger partial charge is 0.321 e. The predicted molar refractivity (Wildman–Crippen MR) is 59.9 cm³/mol. The summed E-state index contributed by atoms with van der Waals surface area (Å²) in [6.07, 6.45) is 0. The first kappa shape index (κ1) is 11.9. The van der Waals surface area contributed by atoms with Crippen LogP contribution in [-0.4, -0.2) is 21.6 Å². The highest BCUT2D eigenvalue weighted by Crippen LogP contribution is 2.22. The van der Waals surface area contributed by atoms with Crippen LogP contribution in [0.4, 0.5) is 0 Å². The Morgan fingerprint density at radius 1 is 1.53 bits per heavy atom. The Balaban J connectivity index is 3.12. The molecular formula is C11H19N3O. The van der Waals surface area contributed by atoms with Crippen molar-refractivity contribution in [2.75, 3.05) is 0 Å². The maximum absolute atomic E-state index is 11.6. The first-order valence-corrected chi connectivity index (χ1v) is 5.08. The fourth-order valence-electron chi connectivity index (χ4n) is 1.52. The lowest BCUT2D eigenvalue weighted by Gasteiger charge is -2.17. The van der Waals surface area contributed by atoms with Gasteiger partial charge in [-0.25, -0.2) is 0 Å². The fraction of sp³-hybridized carbons (Fsp3) is 0.636. The maximum Gasteiger partial charge on any atom is 0.199 e. The van der Waals surface area contributed by atoms with E-state index in [9.17, 15) is 4.79 Å². The predicted octanol–water partition coefficient (Wildman–Crippen LogP) is 1.25. The van der Waals surface area contributed by atoms with Gasteiger partial charge in [-0.3, -0.25) is 9.48 Å². The van der Waals surface area contributed by atoms with Crippen LogP contribution >= 0.6 is 0 Å². The molecule has 84 valence electrons. The number of carbonyl (C=O) groups is 1. The number of aromatic nitrogens is 2. The minimum atomic E-state index is -0.493. The van der Waals surface area contributed by atoms with Gasteiger partial charge in [-0.05, 0) is 13.0 Å². The minimum Gasteiger partial charge on any atom is -0.321 e. The smallest absolute Gasteiger partial charge is 0.199 e. The van der Waals surface area contributed by atoms with Gasteiger partial charge in [0.2, 0.25) is 0 Å². The average molecular weight is 209 g/mol. The zero-order valence-electron chi connectivity index (χ0n) is 10.0. The number of rotatable bonds is 2. The van der Waals surface area contributed by atoms with E-state index in [0.717, 1.165) is 5.69 Å². The van der Waals surface area contributed by atoms with Crippen LogP contribution in [0.15, 0.2) is 6.07 Å². The Morgan fingerprint density at radius 3 is 2.40 bits per heavy atom. The van der Waals surface area contributed by atoms with E-state index in [1.165, 1.54) is 0 Å². The molecule has 0 aliphatic rings. The molecule has 4 nitrogen and oxygen atoms in total. The minimum absolute atomic E-state index is 0.0158. The van der Waals surface area contributed by atoms with Gasteiger partial charge in [0, 0.05) is 18.2 Å². The number of nitrogens with two attached hydrogens (primary N) is 1. The maximum atomic E-state index is 11.6. The molecule has 0 aliphatic carbocycles. The zero-order valence-corrected chi connectivity index (χ0v) is 10.0. The average Bonchev–Trinajstić information content (AvgIpc) is 2.44. The Kier molecular flexibility index (Phi) is 3.00. The van der Waals surface area contributed by atoms with E-state index in [2.05, 4.69) is 25.9 Å². The van der Waals surface area contributed by atoms with Gasteiger partial charge in [-0.15, -0.1) is 0 Å². The summed E-state index contributed by atoms with van der Waals surface area (Å²) in [5.74, 6) is -0.110. The first-order chi connectivity index (χ1) is 6.73. The van der Waals surface area contributed by atoms with Crippen molar-refractivity contribution >= 4 is 5.78 Å². The van der Waals surface area contributed by atoms with E-state index < -0.39 is 6.04 Å². The van der Waals surface area contributed by atoms with Crippen molar-refractivity contribution in [2.45, 2.75) is 39.2 Å². The van der Waals surface area contributed by atoms with Crippen LogP contribution in [0.2, 0.25) is 0 Å². The van der Waals surface area contributed by atoms with E-state index in [1.807, 2.05) is 13.1 Å². The van der Waals surface area contributed by atoms with Gasteiger partial charge < -0.3 is 5.73 Å². The molecule has 0 saturated heterocycles. The molecule has 1 atom stereocenters. The van der Waals surface area contributed by atoms with Crippen molar-refractivity contribution in [1.82, 2.24) is 9.78 Å². The lowest BCUT2D eigenvalue weighted by atomic mass is 9.91. The van der Waals surface area contributed by atoms with Gasteiger partial charge >= 0.3 is 0 Å². The first-order valence-electron chi connectivity index (χ1n) is 5.08. The highest BCUT2D eigenvalue weighted by molar-refractivity contribution is 5.98. The van der Waals surface area contributed by atoms with E-state index in [1.54, 1.807) is 11.6 Å². The molecule has 0 aliphatic heterocycles. The summed E-state index contributed by atoms with van der Waals surface area (Å²) < 4.78 is 1.75. The summed E-state index contributed by atoms with van der Waals surface area (Å²) in [7, 11) is 1.85. The molecule has 1 aromatic rings. The number of ketones is 1. The van der Waals surface area contributed by atoms with Crippen LogP contribution in [0.25, 0.3) is 0 Å². The quantitative estimate of drug-likeness (QED) is 0.746. The Hall–Kier alpha value is -1.16. The molecule has 0 fully saturated rings. The molecular weight excluding hydrogens is 190 g/mol. The standard InChI is InChI=1S/C11H19N3O/c1-7(12)10(15)8-6-9(11(2,3)4)14(5)13-8/h6-7H,12H2,1-5H3. The topological polar surface area (TPSA) is 60.9 Å². The molecule has 1 unspecified atom stereocenters. The van der Waals surface area contributed by atoms with Crippen molar-refractivity contribution in [2.24, 2.45) is 12.8 Å². The Labute approximate surface area is 90.5 Å². The molecule has 4 heteroatoms. The Bertz CT molecular complexity index is 372. The van der Waals surface area contributed by atoms with Crippen molar-refractivity contribution in [1.29, 1.82) is 0 Å². The van der Waals surface area contributed by atoms with Crippen molar-refractivity contribution in [3.05, 3.63) is 17.5 Å². The molecule has 0 bridgehead atoms. The van der Waals surface area contributed by atoms with Gasteiger partial charge in [0.15, 0.2) is 5.78 Å². The summed E-state index contributed by atoms with van der Waals surface area (Å²) in [5, 5.41) is 4.19. The second kappa shape index (κ2) is 3.77. The van der Waals surface area contributed by atoms with Crippen LogP contribution in [0.5, 0.6) is 0 Å². The normalized spacial score (nSPS) is 14.0. The molecule has 2 N–H and O–H groups in total. The molecule has 1 aromatic heterocycles. The lowest BCUT2D eigenvalue weighted by molar-refractivity contribution is 0.0962. The third kappa shape index (κ3) is 2.45. The van der Waals surface area contributed by atoms with E-state index in [-0.39, 0.29) is 11.2 Å². The molecule has 0 aromatic carbocycles. The van der Waals surface area contributed by atoms with E-state index >= 15 is 0 Å². The Morgan fingerprint density at radius 2 is 2.07 bits per heavy atom. The summed E-state index contributed by atoms with van der Waals surface area (Å²) in [6, 6.07) is 1.33. The number of hydrogen-bond donors (Lipinski definition) is 1. The second-order valence-corrected chi connectivity index (χ2v) is 4.94. The van der Waals surface area contributed by atoms with Crippen LogP contribution in [0, 0.1) is 0 Å². The number of nitrogens with zero attached hydrogens (tertiary/aromatic N) is 2. The van der Waals surface area contributed by atoms with Gasteiger partial charge in [-0.2, -0.15) is 5.10 Å². The number of hydrogen-bond acceptors (Lipinski definition) is 3. The summed E-state index contributed by atoms with van der Waals surface area (Å²) in [4.78, 5) is 11.6. The van der Waals surface area contributed by atoms with Crippen molar-refractivity contribution < 1.29 is 4.79 Å². The highest BCUT2D eigenvalue weighted by Gasteiger charge is 2.22. The van der Waals surface area contributed by atoms with Crippen LogP contribution < -0.4 is 5.73 Å². The summed E-state index contributed by atoms with van der Waals surface area (Å²) in [5.41, 5.74) is 7.01. The monoisotopic (exact) mass is 209 g/mol. The molecule has 0 spiro atoms. The molecule has 0 radical (unpaired) electrons. The summed E-state index contributed by atoms with van der Waals surface area (Å²) in [6.45, 7) is 7.94. The summed E-state index contributed by atoms with van der Waals surface area (Å²) >= 11 is 0. The van der Waals surface area contributed by atoms with Gasteiger partial charge in [0.25, 0.3) is 0 Å². The second-order valence-electron chi connectivity index (χ2n) is 4.94.